The summed E-state index contributed by atoms with van der Waals surface area (Å²) in [5, 5.41) is 2.85. The molecule has 0 saturated carbocycles. The van der Waals surface area contributed by atoms with E-state index in [9.17, 15) is 13.2 Å². The largest absolute Gasteiger partial charge is 0.468 e. The minimum absolute atomic E-state index is 0.0823. The first-order valence-corrected chi connectivity index (χ1v) is 12.6. The maximum atomic E-state index is 12.4. The van der Waals surface area contributed by atoms with E-state index in [4.69, 9.17) is 4.42 Å². The standard InChI is InChI=1S/C24H26N2O4S2/c1-18-5-9-22(16-19(18)2)31-15-13-25-24(27)12-8-20-6-10-23(11-7-20)32(28,29)26-17-21-4-3-14-30-21/h3-12,14,16,26H,13,15,17H2,1-2H3,(H,25,27)/b12-8+. The summed E-state index contributed by atoms with van der Waals surface area (Å²) < 4.78 is 32.3. The predicted octanol–water partition coefficient (Wildman–Crippen LogP) is 4.30. The topological polar surface area (TPSA) is 88.4 Å². The summed E-state index contributed by atoms with van der Waals surface area (Å²) in [6, 6.07) is 16.0. The van der Waals surface area contributed by atoms with Crippen LogP contribution in [0.15, 0.2) is 81.1 Å². The number of rotatable bonds is 10. The number of furan rings is 1. The molecule has 6 nitrogen and oxygen atoms in total. The molecule has 1 aromatic heterocycles. The number of benzene rings is 2. The van der Waals surface area contributed by atoms with Crippen molar-refractivity contribution in [3.63, 3.8) is 0 Å². The highest BCUT2D eigenvalue weighted by atomic mass is 32.2. The van der Waals surface area contributed by atoms with Crippen molar-refractivity contribution in [1.29, 1.82) is 0 Å². The average Bonchev–Trinajstić information content (AvgIpc) is 3.30. The van der Waals surface area contributed by atoms with Crippen LogP contribution in [-0.2, 0) is 21.4 Å². The highest BCUT2D eigenvalue weighted by molar-refractivity contribution is 7.99. The molecule has 0 spiro atoms. The molecule has 168 valence electrons. The van der Waals surface area contributed by atoms with Gasteiger partial charge in [-0.3, -0.25) is 4.79 Å². The smallest absolute Gasteiger partial charge is 0.244 e. The molecule has 2 aromatic carbocycles. The zero-order valence-corrected chi connectivity index (χ0v) is 19.6. The molecule has 0 aliphatic rings. The number of nitrogens with one attached hydrogen (secondary N) is 2. The van der Waals surface area contributed by atoms with Crippen molar-refractivity contribution in [1.82, 2.24) is 10.0 Å². The SMILES string of the molecule is Cc1ccc(SCCNC(=O)/C=C/c2ccc(S(=O)(=O)NCc3ccco3)cc2)cc1C. The molecular formula is C24H26N2O4S2. The molecule has 3 rings (SSSR count). The Morgan fingerprint density at radius 3 is 2.53 bits per heavy atom. The van der Waals surface area contributed by atoms with Crippen LogP contribution < -0.4 is 10.0 Å². The third kappa shape index (κ3) is 7.12. The predicted molar refractivity (Wildman–Crippen MR) is 128 cm³/mol. The van der Waals surface area contributed by atoms with Crippen LogP contribution in [0, 0.1) is 13.8 Å². The molecule has 0 atom stereocenters. The molecule has 0 radical (unpaired) electrons. The van der Waals surface area contributed by atoms with E-state index in [0.717, 1.165) is 11.3 Å². The van der Waals surface area contributed by atoms with Gasteiger partial charge in [0.05, 0.1) is 17.7 Å². The molecule has 0 fully saturated rings. The highest BCUT2D eigenvalue weighted by Gasteiger charge is 2.13. The molecule has 0 saturated heterocycles. The van der Waals surface area contributed by atoms with Crippen LogP contribution in [0.1, 0.15) is 22.5 Å². The lowest BCUT2D eigenvalue weighted by Gasteiger charge is -2.06. The Bertz CT molecular complexity index is 1170. The Kier molecular flexibility index (Phi) is 8.33. The number of carbonyl (C=O) groups is 1. The second-order valence-electron chi connectivity index (χ2n) is 7.19. The number of thioether (sulfide) groups is 1. The van der Waals surface area contributed by atoms with Gasteiger partial charge in [0.2, 0.25) is 15.9 Å². The third-order valence-corrected chi connectivity index (χ3v) is 7.20. The quantitative estimate of drug-likeness (QED) is 0.262. The van der Waals surface area contributed by atoms with Crippen molar-refractivity contribution < 1.29 is 17.6 Å². The van der Waals surface area contributed by atoms with E-state index < -0.39 is 10.0 Å². The van der Waals surface area contributed by atoms with Gasteiger partial charge in [0, 0.05) is 23.3 Å². The third-order valence-electron chi connectivity index (χ3n) is 4.78. The summed E-state index contributed by atoms with van der Waals surface area (Å²) >= 11 is 1.70. The van der Waals surface area contributed by atoms with E-state index in [0.29, 0.717) is 12.3 Å². The van der Waals surface area contributed by atoms with E-state index in [1.165, 1.54) is 40.5 Å². The molecule has 32 heavy (non-hydrogen) atoms. The van der Waals surface area contributed by atoms with Crippen LogP contribution in [0.5, 0.6) is 0 Å². The van der Waals surface area contributed by atoms with Crippen LogP contribution in [0.4, 0.5) is 0 Å². The number of amides is 1. The van der Waals surface area contributed by atoms with Gasteiger partial charge in [-0.1, -0.05) is 18.2 Å². The van der Waals surface area contributed by atoms with E-state index in [2.05, 4.69) is 42.1 Å². The first-order chi connectivity index (χ1) is 15.3. The summed E-state index contributed by atoms with van der Waals surface area (Å²) in [6.07, 6.45) is 4.59. The number of carbonyl (C=O) groups excluding carboxylic acids is 1. The molecular weight excluding hydrogens is 444 g/mol. The minimum Gasteiger partial charge on any atom is -0.468 e. The molecule has 1 amide bonds. The van der Waals surface area contributed by atoms with E-state index in [1.54, 1.807) is 42.1 Å². The Balaban J connectivity index is 1.44. The van der Waals surface area contributed by atoms with Crippen molar-refractivity contribution in [2.75, 3.05) is 12.3 Å². The minimum atomic E-state index is -3.64. The summed E-state index contributed by atoms with van der Waals surface area (Å²) in [7, 11) is -3.64. The normalized spacial score (nSPS) is 11.7. The molecule has 2 N–H and O–H groups in total. The number of sulfonamides is 1. The van der Waals surface area contributed by atoms with Crippen molar-refractivity contribution in [3.8, 4) is 0 Å². The van der Waals surface area contributed by atoms with Crippen molar-refractivity contribution >= 4 is 33.8 Å². The fourth-order valence-corrected chi connectivity index (χ4v) is 4.66. The maximum Gasteiger partial charge on any atom is 0.244 e. The number of hydrogen-bond acceptors (Lipinski definition) is 5. The van der Waals surface area contributed by atoms with Crippen molar-refractivity contribution in [2.45, 2.75) is 30.2 Å². The Morgan fingerprint density at radius 1 is 1.06 bits per heavy atom. The van der Waals surface area contributed by atoms with E-state index >= 15 is 0 Å². The van der Waals surface area contributed by atoms with Gasteiger partial charge in [0.25, 0.3) is 0 Å². The Labute approximate surface area is 193 Å². The second kappa shape index (κ2) is 11.2. The summed E-state index contributed by atoms with van der Waals surface area (Å²) in [4.78, 5) is 13.4. The molecule has 0 aliphatic carbocycles. The lowest BCUT2D eigenvalue weighted by molar-refractivity contribution is -0.116. The zero-order valence-electron chi connectivity index (χ0n) is 18.0. The number of aryl methyl sites for hydroxylation is 2. The van der Waals surface area contributed by atoms with Gasteiger partial charge in [-0.2, -0.15) is 0 Å². The lowest BCUT2D eigenvalue weighted by atomic mass is 10.1. The Morgan fingerprint density at radius 2 is 1.84 bits per heavy atom. The van der Waals surface area contributed by atoms with E-state index in [1.807, 2.05) is 0 Å². The molecule has 8 heteroatoms. The van der Waals surface area contributed by atoms with Crippen LogP contribution in [0.3, 0.4) is 0 Å². The zero-order chi connectivity index (χ0) is 23.0. The Hall–Kier alpha value is -2.81. The monoisotopic (exact) mass is 470 g/mol. The molecule has 0 unspecified atom stereocenters. The van der Waals surface area contributed by atoms with Gasteiger partial charge in [-0.25, -0.2) is 13.1 Å². The van der Waals surface area contributed by atoms with Gasteiger partial charge in [0.15, 0.2) is 0 Å². The van der Waals surface area contributed by atoms with Crippen molar-refractivity contribution in [3.05, 3.63) is 89.4 Å². The van der Waals surface area contributed by atoms with E-state index in [-0.39, 0.29) is 17.3 Å². The molecule has 1 heterocycles. The first kappa shape index (κ1) is 23.8. The van der Waals surface area contributed by atoms with Crippen molar-refractivity contribution in [2.24, 2.45) is 0 Å². The molecule has 0 bridgehead atoms. The fourth-order valence-electron chi connectivity index (χ4n) is 2.80. The summed E-state index contributed by atoms with van der Waals surface area (Å²) in [5.41, 5.74) is 3.26. The molecule has 3 aromatic rings. The summed E-state index contributed by atoms with van der Waals surface area (Å²) in [5.74, 6) is 1.12. The second-order valence-corrected chi connectivity index (χ2v) is 10.1. The maximum absolute atomic E-state index is 12.4. The van der Waals surface area contributed by atoms with Gasteiger partial charge < -0.3 is 9.73 Å². The van der Waals surface area contributed by atoms with Crippen LogP contribution in [-0.4, -0.2) is 26.6 Å². The summed E-state index contributed by atoms with van der Waals surface area (Å²) in [6.45, 7) is 4.81. The van der Waals surface area contributed by atoms with Gasteiger partial charge in [0.1, 0.15) is 5.76 Å². The van der Waals surface area contributed by atoms with Crippen LogP contribution >= 0.6 is 11.8 Å². The van der Waals surface area contributed by atoms with Crippen LogP contribution in [0.25, 0.3) is 6.08 Å². The average molecular weight is 471 g/mol. The van der Waals surface area contributed by atoms with Gasteiger partial charge in [-0.05, 0) is 73.0 Å². The van der Waals surface area contributed by atoms with Crippen LogP contribution in [0.2, 0.25) is 0 Å². The molecule has 0 aliphatic heterocycles. The first-order valence-electron chi connectivity index (χ1n) is 10.1. The van der Waals surface area contributed by atoms with Gasteiger partial charge in [-0.15, -0.1) is 11.8 Å². The highest BCUT2D eigenvalue weighted by Crippen LogP contribution is 2.20. The van der Waals surface area contributed by atoms with Gasteiger partial charge >= 0.3 is 0 Å². The fraction of sp³-hybridized carbons (Fsp3) is 0.208. The lowest BCUT2D eigenvalue weighted by Crippen LogP contribution is -2.23. The number of hydrogen-bond donors (Lipinski definition) is 2.